The van der Waals surface area contributed by atoms with Gasteiger partial charge in [-0.2, -0.15) is 0 Å². The van der Waals surface area contributed by atoms with E-state index in [4.69, 9.17) is 4.74 Å². The molecule has 2 aliphatic heterocycles. The van der Waals surface area contributed by atoms with Crippen LogP contribution in [-0.4, -0.2) is 77.4 Å². The minimum Gasteiger partial charge on any atom is -0.484 e. The van der Waals surface area contributed by atoms with Crippen molar-refractivity contribution in [2.24, 2.45) is 0 Å². The number of carboxylic acids is 1. The van der Waals surface area contributed by atoms with Crippen molar-refractivity contribution in [3.8, 4) is 16.9 Å². The molecule has 0 unspecified atom stereocenters. The SMILES string of the molecule is O=C1COc2ccc(cc2)C[C@@H](C(=O)N[C@@H](CCc2ccccc2)C(=O)O)NC(=O)[C@@H](CCc2ccccc2)NC(=O)[C@H](Cc2ccc(-c3ccccc3)cc2)NC(=O)[C@@H](Cc2cccs2)N1. The molecule has 0 saturated carbocycles. The van der Waals surface area contributed by atoms with Gasteiger partial charge in [-0.1, -0.05) is 133 Å². The number of nitrogens with one attached hydrogen (secondary N) is 5. The van der Waals surface area contributed by atoms with Gasteiger partial charge in [0.1, 0.15) is 36.0 Å². The fourth-order valence-electron chi connectivity index (χ4n) is 7.83. The zero-order chi connectivity index (χ0) is 47.0. The van der Waals surface area contributed by atoms with E-state index in [2.05, 4.69) is 26.6 Å². The Kier molecular flexibility index (Phi) is 16.7. The molecular formula is C53H53N5O8S. The van der Waals surface area contributed by atoms with E-state index in [0.717, 1.165) is 32.7 Å². The third-order valence-corrected chi connectivity index (χ3v) is 12.4. The maximum atomic E-state index is 14.7. The third-order valence-electron chi connectivity index (χ3n) is 11.5. The van der Waals surface area contributed by atoms with Crippen LogP contribution in [0, 0.1) is 0 Å². The van der Waals surface area contributed by atoms with E-state index in [1.165, 1.54) is 11.3 Å². The highest BCUT2D eigenvalue weighted by Crippen LogP contribution is 2.21. The van der Waals surface area contributed by atoms with Gasteiger partial charge in [0.2, 0.25) is 23.6 Å². The van der Waals surface area contributed by atoms with Gasteiger partial charge >= 0.3 is 5.97 Å². The Morgan fingerprint density at radius 1 is 0.612 bits per heavy atom. The van der Waals surface area contributed by atoms with Crippen molar-refractivity contribution in [3.05, 3.63) is 184 Å². The normalized spacial score (nSPS) is 18.6. The zero-order valence-electron chi connectivity index (χ0n) is 36.8. The highest BCUT2D eigenvalue weighted by molar-refractivity contribution is 7.09. The summed E-state index contributed by atoms with van der Waals surface area (Å²) in [5, 5.41) is 26.1. The Balaban J connectivity index is 1.21. The average molecular weight is 920 g/mol. The van der Waals surface area contributed by atoms with Crippen molar-refractivity contribution >= 4 is 46.8 Å². The van der Waals surface area contributed by atoms with E-state index in [1.54, 1.807) is 24.3 Å². The Hall–Kier alpha value is -7.58. The molecule has 2 bridgehead atoms. The molecule has 5 atom stereocenters. The van der Waals surface area contributed by atoms with Crippen LogP contribution in [0.4, 0.5) is 0 Å². The molecule has 0 saturated heterocycles. The van der Waals surface area contributed by atoms with Crippen molar-refractivity contribution in [2.75, 3.05) is 6.61 Å². The zero-order valence-corrected chi connectivity index (χ0v) is 37.6. The molecule has 8 rings (SSSR count). The summed E-state index contributed by atoms with van der Waals surface area (Å²) >= 11 is 1.42. The van der Waals surface area contributed by atoms with Crippen LogP contribution in [0.25, 0.3) is 11.1 Å². The van der Waals surface area contributed by atoms with E-state index >= 15 is 0 Å². The lowest BCUT2D eigenvalue weighted by atomic mass is 9.99. The van der Waals surface area contributed by atoms with Gasteiger partial charge in [-0.15, -0.1) is 11.3 Å². The number of amides is 5. The number of hydrogen-bond acceptors (Lipinski definition) is 8. The quantitative estimate of drug-likeness (QED) is 0.0760. The van der Waals surface area contributed by atoms with Crippen LogP contribution < -0.4 is 31.3 Å². The standard InChI is InChI=1S/C53H53N5O8S/c59-48-34-66-41-26-20-38(21-27-41)32-46(51(62)56-44(53(64)65)29-23-36-13-6-2-7-14-36)57-49(60)43(28-22-35-11-4-1-5-12-35)55-50(61)45(58-52(63)47(54-48)33-42-17-10-30-67-42)31-37-18-24-40(25-19-37)39-15-8-3-9-16-39/h1-21,24-27,30,43-47H,22-23,28-29,31-34H2,(H,54,59)(H,55,61)(H,56,62)(H,57,60)(H,58,63)(H,64,65)/t43-,44+,45+,46+,47-/m1/s1. The fourth-order valence-corrected chi connectivity index (χ4v) is 8.58. The molecule has 3 heterocycles. The van der Waals surface area contributed by atoms with Gasteiger partial charge in [-0.05, 0) is 82.6 Å². The second kappa shape index (κ2) is 23.6. The van der Waals surface area contributed by atoms with E-state index in [0.29, 0.717) is 24.2 Å². The van der Waals surface area contributed by atoms with E-state index in [9.17, 15) is 33.9 Å². The Morgan fingerprint density at radius 3 is 1.82 bits per heavy atom. The minimum atomic E-state index is -1.28. The van der Waals surface area contributed by atoms with E-state index < -0.39 is 72.3 Å². The van der Waals surface area contributed by atoms with Crippen LogP contribution in [0.15, 0.2) is 157 Å². The molecule has 0 spiro atoms. The summed E-state index contributed by atoms with van der Waals surface area (Å²) in [6, 6.07) is 40.3. The number of aliphatic carboxylic acids is 1. The molecular weight excluding hydrogens is 867 g/mol. The third kappa shape index (κ3) is 14.2. The largest absolute Gasteiger partial charge is 0.484 e. The van der Waals surface area contributed by atoms with Crippen LogP contribution in [0.5, 0.6) is 5.75 Å². The lowest BCUT2D eigenvalue weighted by Crippen LogP contribution is -2.59. The van der Waals surface area contributed by atoms with Crippen molar-refractivity contribution in [1.82, 2.24) is 26.6 Å². The van der Waals surface area contributed by atoms with Gasteiger partial charge in [0.15, 0.2) is 6.61 Å². The van der Waals surface area contributed by atoms with Crippen molar-refractivity contribution in [3.63, 3.8) is 0 Å². The van der Waals surface area contributed by atoms with E-state index in [-0.39, 0.29) is 32.1 Å². The van der Waals surface area contributed by atoms with Crippen molar-refractivity contribution < 1.29 is 38.6 Å². The molecule has 14 heteroatoms. The van der Waals surface area contributed by atoms with Crippen molar-refractivity contribution in [2.45, 2.75) is 75.2 Å². The number of thiophene rings is 1. The fraction of sp³-hybridized carbons (Fsp3) is 0.245. The molecule has 1 aromatic heterocycles. The monoisotopic (exact) mass is 919 g/mol. The summed E-state index contributed by atoms with van der Waals surface area (Å²) in [7, 11) is 0. The first kappa shape index (κ1) is 47.4. The minimum absolute atomic E-state index is 0.0288. The molecule has 6 N–H and O–H groups in total. The first-order valence-electron chi connectivity index (χ1n) is 22.3. The van der Waals surface area contributed by atoms with Gasteiger partial charge in [-0.3, -0.25) is 24.0 Å². The van der Waals surface area contributed by atoms with E-state index in [1.807, 2.05) is 133 Å². The van der Waals surface area contributed by atoms with Crippen LogP contribution in [-0.2, 0) is 60.9 Å². The molecule has 6 aromatic rings. The number of rotatable bonds is 14. The average Bonchev–Trinajstić information content (AvgIpc) is 3.87. The first-order chi connectivity index (χ1) is 32.6. The van der Waals surface area contributed by atoms with Crippen LogP contribution >= 0.6 is 11.3 Å². The van der Waals surface area contributed by atoms with Gasteiger partial charge in [0.25, 0.3) is 5.91 Å². The maximum absolute atomic E-state index is 14.7. The number of aryl methyl sites for hydroxylation is 2. The number of hydrogen-bond donors (Lipinski definition) is 6. The molecule has 2 aliphatic rings. The summed E-state index contributed by atoms with van der Waals surface area (Å²) in [5.74, 6) is -4.16. The Labute approximate surface area is 393 Å². The molecule has 344 valence electrons. The number of carboxylic acid groups (broad SMARTS) is 1. The smallest absolute Gasteiger partial charge is 0.326 e. The van der Waals surface area contributed by atoms with Crippen LogP contribution in [0.2, 0.25) is 0 Å². The second-order valence-electron chi connectivity index (χ2n) is 16.4. The molecule has 0 aliphatic carbocycles. The maximum Gasteiger partial charge on any atom is 0.326 e. The second-order valence-corrected chi connectivity index (χ2v) is 17.5. The summed E-state index contributed by atoms with van der Waals surface area (Å²) in [5.41, 5.74) is 5.07. The molecule has 0 radical (unpaired) electrons. The molecule has 67 heavy (non-hydrogen) atoms. The topological polar surface area (TPSA) is 192 Å². The predicted molar refractivity (Wildman–Crippen MR) is 256 cm³/mol. The molecule has 5 amide bonds. The Morgan fingerprint density at radius 2 is 1.19 bits per heavy atom. The van der Waals surface area contributed by atoms with Gasteiger partial charge in [-0.25, -0.2) is 4.79 Å². The lowest BCUT2D eigenvalue weighted by molar-refractivity contribution is -0.142. The number of benzene rings is 5. The molecule has 0 fully saturated rings. The molecule has 13 nitrogen and oxygen atoms in total. The molecule has 5 aromatic carbocycles. The number of ether oxygens (including phenoxy) is 1. The summed E-state index contributed by atoms with van der Waals surface area (Å²) < 4.78 is 5.81. The van der Waals surface area contributed by atoms with Gasteiger partial charge in [0, 0.05) is 24.1 Å². The first-order valence-corrected chi connectivity index (χ1v) is 23.1. The highest BCUT2D eigenvalue weighted by Gasteiger charge is 2.33. The number of fused-ring (bicyclic) bond motifs is 16. The van der Waals surface area contributed by atoms with Crippen molar-refractivity contribution in [1.29, 1.82) is 0 Å². The van der Waals surface area contributed by atoms with Gasteiger partial charge in [0.05, 0.1) is 0 Å². The highest BCUT2D eigenvalue weighted by atomic mass is 32.1. The predicted octanol–water partition coefficient (Wildman–Crippen LogP) is 5.61. The Bertz CT molecular complexity index is 2580. The van der Waals surface area contributed by atoms with Crippen LogP contribution in [0.3, 0.4) is 0 Å². The van der Waals surface area contributed by atoms with Crippen LogP contribution in [0.1, 0.15) is 40.0 Å². The number of carbonyl (C=O) groups is 6. The number of carbonyl (C=O) groups excluding carboxylic acids is 5. The van der Waals surface area contributed by atoms with Gasteiger partial charge < -0.3 is 36.4 Å². The summed E-state index contributed by atoms with van der Waals surface area (Å²) in [6.45, 7) is -0.422. The summed E-state index contributed by atoms with van der Waals surface area (Å²) in [4.78, 5) is 84.6. The summed E-state index contributed by atoms with van der Waals surface area (Å²) in [6.07, 6.45) is 1.07. The lowest BCUT2D eigenvalue weighted by Gasteiger charge is -2.27.